The van der Waals surface area contributed by atoms with E-state index in [1.54, 1.807) is 0 Å². The van der Waals surface area contributed by atoms with Gasteiger partial charge in [-0.2, -0.15) is 0 Å². The van der Waals surface area contributed by atoms with Crippen molar-refractivity contribution in [2.75, 3.05) is 11.4 Å². The zero-order valence-electron chi connectivity index (χ0n) is 18.4. The molecule has 152 valence electrons. The first-order valence-corrected chi connectivity index (χ1v) is 10.8. The summed E-state index contributed by atoms with van der Waals surface area (Å²) in [7, 11) is 0. The minimum Gasteiger partial charge on any atom is -0.365 e. The highest BCUT2D eigenvalue weighted by Crippen LogP contribution is 2.34. The van der Waals surface area contributed by atoms with Crippen LogP contribution in [0.15, 0.2) is 54.7 Å². The van der Waals surface area contributed by atoms with E-state index in [0.717, 1.165) is 31.6 Å². The molecule has 3 heteroatoms. The summed E-state index contributed by atoms with van der Waals surface area (Å²) in [6, 6.07) is 17.8. The first-order chi connectivity index (χ1) is 14.5. The molecule has 2 aromatic heterocycles. The molecule has 4 aromatic rings. The lowest BCUT2D eigenvalue weighted by Gasteiger charge is -2.31. The van der Waals surface area contributed by atoms with Crippen LogP contribution in [-0.4, -0.2) is 16.1 Å². The van der Waals surface area contributed by atoms with E-state index < -0.39 is 0 Å². The summed E-state index contributed by atoms with van der Waals surface area (Å²) in [6.07, 6.45) is 3.07. The molecule has 0 aliphatic carbocycles. The van der Waals surface area contributed by atoms with Crippen molar-refractivity contribution < 1.29 is 0 Å². The molecule has 0 N–H and O–H groups in total. The van der Waals surface area contributed by atoms with Gasteiger partial charge in [0.1, 0.15) is 0 Å². The fraction of sp³-hybridized carbons (Fsp3) is 0.296. The van der Waals surface area contributed by atoms with Gasteiger partial charge < -0.3 is 9.47 Å². The van der Waals surface area contributed by atoms with Crippen LogP contribution in [0.1, 0.15) is 39.1 Å². The van der Waals surface area contributed by atoms with Crippen molar-refractivity contribution in [3.05, 3.63) is 93.8 Å². The Morgan fingerprint density at radius 1 is 0.933 bits per heavy atom. The van der Waals surface area contributed by atoms with Gasteiger partial charge in [0.2, 0.25) is 0 Å². The Balaban J connectivity index is 1.63. The standard InChI is InChI=1S/C27H29N3/c1-18-9-10-23(19(2)15-18)17-30-21(4)20(3)26-27(30)25(11-13-28-26)29-14-12-22-7-5-6-8-24(22)16-29/h5-11,13,15H,12,14,16-17H2,1-4H3. The van der Waals surface area contributed by atoms with Crippen LogP contribution < -0.4 is 4.90 Å². The average Bonchev–Trinajstić information content (AvgIpc) is 3.00. The summed E-state index contributed by atoms with van der Waals surface area (Å²) in [5, 5.41) is 0. The number of nitrogens with zero attached hydrogens (tertiary/aromatic N) is 3. The van der Waals surface area contributed by atoms with Crippen molar-refractivity contribution in [3.63, 3.8) is 0 Å². The Morgan fingerprint density at radius 2 is 1.73 bits per heavy atom. The summed E-state index contributed by atoms with van der Waals surface area (Å²) >= 11 is 0. The van der Waals surface area contributed by atoms with Gasteiger partial charge in [-0.25, -0.2) is 0 Å². The SMILES string of the molecule is Cc1ccc(Cn2c(C)c(C)c3nccc(N4CCc5ccccc5C4)c32)c(C)c1. The maximum atomic E-state index is 4.79. The highest BCUT2D eigenvalue weighted by molar-refractivity contribution is 5.92. The fourth-order valence-corrected chi connectivity index (χ4v) is 4.87. The molecule has 0 fully saturated rings. The Kier molecular flexibility index (Phi) is 4.62. The zero-order valence-corrected chi connectivity index (χ0v) is 18.4. The van der Waals surface area contributed by atoms with Crippen molar-refractivity contribution in [2.45, 2.75) is 47.2 Å². The fourth-order valence-electron chi connectivity index (χ4n) is 4.87. The van der Waals surface area contributed by atoms with Gasteiger partial charge in [-0.15, -0.1) is 0 Å². The van der Waals surface area contributed by atoms with Gasteiger partial charge in [0.05, 0.1) is 16.7 Å². The molecule has 0 radical (unpaired) electrons. The Hall–Kier alpha value is -3.07. The van der Waals surface area contributed by atoms with E-state index in [9.17, 15) is 0 Å². The molecular formula is C27H29N3. The van der Waals surface area contributed by atoms with E-state index in [-0.39, 0.29) is 0 Å². The predicted octanol–water partition coefficient (Wildman–Crippen LogP) is 5.88. The van der Waals surface area contributed by atoms with Gasteiger partial charge in [-0.3, -0.25) is 4.98 Å². The van der Waals surface area contributed by atoms with Crippen molar-refractivity contribution in [2.24, 2.45) is 0 Å². The number of rotatable bonds is 3. The summed E-state index contributed by atoms with van der Waals surface area (Å²) in [4.78, 5) is 7.32. The highest BCUT2D eigenvalue weighted by Gasteiger charge is 2.22. The lowest BCUT2D eigenvalue weighted by molar-refractivity contribution is 0.727. The van der Waals surface area contributed by atoms with E-state index in [4.69, 9.17) is 4.98 Å². The number of hydrogen-bond acceptors (Lipinski definition) is 2. The van der Waals surface area contributed by atoms with Gasteiger partial charge in [0.15, 0.2) is 0 Å². The van der Waals surface area contributed by atoms with Crippen LogP contribution in [0.25, 0.3) is 11.0 Å². The molecule has 2 aromatic carbocycles. The molecule has 0 bridgehead atoms. The normalized spacial score (nSPS) is 13.7. The molecule has 30 heavy (non-hydrogen) atoms. The predicted molar refractivity (Wildman–Crippen MR) is 125 cm³/mol. The summed E-state index contributed by atoms with van der Waals surface area (Å²) in [6.45, 7) is 11.7. The third-order valence-electron chi connectivity index (χ3n) is 6.77. The second-order valence-corrected chi connectivity index (χ2v) is 8.69. The molecule has 0 spiro atoms. The summed E-state index contributed by atoms with van der Waals surface area (Å²) < 4.78 is 2.48. The van der Waals surface area contributed by atoms with Crippen LogP contribution in [0.3, 0.4) is 0 Å². The highest BCUT2D eigenvalue weighted by atomic mass is 15.2. The van der Waals surface area contributed by atoms with E-state index >= 15 is 0 Å². The van der Waals surface area contributed by atoms with E-state index in [2.05, 4.69) is 85.7 Å². The second-order valence-electron chi connectivity index (χ2n) is 8.69. The van der Waals surface area contributed by atoms with Crippen LogP contribution in [0.4, 0.5) is 5.69 Å². The topological polar surface area (TPSA) is 21.1 Å². The van der Waals surface area contributed by atoms with Crippen molar-refractivity contribution in [1.29, 1.82) is 0 Å². The number of hydrogen-bond donors (Lipinski definition) is 0. The first-order valence-electron chi connectivity index (χ1n) is 10.8. The average molecular weight is 396 g/mol. The van der Waals surface area contributed by atoms with Gasteiger partial charge in [-0.05, 0) is 68.0 Å². The minimum atomic E-state index is 0.880. The maximum Gasteiger partial charge on any atom is 0.0934 e. The molecule has 5 rings (SSSR count). The molecule has 0 saturated carbocycles. The molecule has 1 aliphatic heterocycles. The van der Waals surface area contributed by atoms with Crippen molar-refractivity contribution >= 4 is 16.7 Å². The van der Waals surface area contributed by atoms with Crippen LogP contribution in [0.5, 0.6) is 0 Å². The quantitative estimate of drug-likeness (QED) is 0.432. The minimum absolute atomic E-state index is 0.880. The molecule has 3 heterocycles. The van der Waals surface area contributed by atoms with E-state index in [0.29, 0.717) is 0 Å². The smallest absolute Gasteiger partial charge is 0.0934 e. The maximum absolute atomic E-state index is 4.79. The summed E-state index contributed by atoms with van der Waals surface area (Å²) in [5.74, 6) is 0. The molecule has 3 nitrogen and oxygen atoms in total. The Morgan fingerprint density at radius 3 is 2.53 bits per heavy atom. The Labute approximate surface area is 179 Å². The molecule has 0 unspecified atom stereocenters. The number of pyridine rings is 1. The van der Waals surface area contributed by atoms with Gasteiger partial charge >= 0.3 is 0 Å². The van der Waals surface area contributed by atoms with E-state index in [1.807, 2.05) is 6.20 Å². The molecule has 0 saturated heterocycles. The van der Waals surface area contributed by atoms with Crippen LogP contribution in [-0.2, 0) is 19.5 Å². The van der Waals surface area contributed by atoms with Crippen LogP contribution in [0, 0.1) is 27.7 Å². The largest absolute Gasteiger partial charge is 0.365 e. The molecule has 1 aliphatic rings. The number of benzene rings is 2. The van der Waals surface area contributed by atoms with Crippen LogP contribution in [0.2, 0.25) is 0 Å². The lowest BCUT2D eigenvalue weighted by atomic mass is 9.99. The number of fused-ring (bicyclic) bond motifs is 2. The second kappa shape index (κ2) is 7.32. The lowest BCUT2D eigenvalue weighted by Crippen LogP contribution is -2.30. The first kappa shape index (κ1) is 18.9. The zero-order chi connectivity index (χ0) is 20.8. The number of anilines is 1. The van der Waals surface area contributed by atoms with Crippen molar-refractivity contribution in [3.8, 4) is 0 Å². The third-order valence-corrected chi connectivity index (χ3v) is 6.77. The number of aryl methyl sites for hydroxylation is 3. The third kappa shape index (κ3) is 3.09. The molecule has 0 amide bonds. The monoisotopic (exact) mass is 395 g/mol. The van der Waals surface area contributed by atoms with Crippen molar-refractivity contribution in [1.82, 2.24) is 9.55 Å². The van der Waals surface area contributed by atoms with Gasteiger partial charge in [0.25, 0.3) is 0 Å². The molecular weight excluding hydrogens is 366 g/mol. The van der Waals surface area contributed by atoms with Crippen LogP contribution >= 0.6 is 0 Å². The van der Waals surface area contributed by atoms with Gasteiger partial charge in [0, 0.05) is 31.5 Å². The van der Waals surface area contributed by atoms with E-state index in [1.165, 1.54) is 50.3 Å². The van der Waals surface area contributed by atoms with Gasteiger partial charge in [-0.1, -0.05) is 48.0 Å². The summed E-state index contributed by atoms with van der Waals surface area (Å²) in [5.41, 5.74) is 13.3. The Bertz CT molecular complexity index is 1250. The number of aromatic nitrogens is 2. The molecule has 0 atom stereocenters.